The van der Waals surface area contributed by atoms with Crippen molar-refractivity contribution >= 4 is 33.2 Å². The predicted octanol–water partition coefficient (Wildman–Crippen LogP) is 5.84. The number of nitrogens with one attached hydrogen (secondary N) is 2. The minimum atomic E-state index is 0.0259. The number of anilines is 2. The van der Waals surface area contributed by atoms with Gasteiger partial charge in [-0.1, -0.05) is 42.8 Å². The molecule has 0 aliphatic rings. The van der Waals surface area contributed by atoms with Crippen LogP contribution in [0.4, 0.5) is 11.4 Å². The average Bonchev–Trinajstić information content (AvgIpc) is 2.65. The van der Waals surface area contributed by atoms with Crippen molar-refractivity contribution < 1.29 is 14.3 Å². The fraction of sp³-hybridized carbons (Fsp3) is 0.409. The first-order valence-corrected chi connectivity index (χ1v) is 10.4. The standard InChI is InChI=1S/C22H29BrN2O3/c1-5-11-28-22-18(19(23)9-10-20(22)27-4)14-24-16-7-6-8-17(13-16)25-21(26)12-15(2)3/h6-10,13,15,24H,5,11-12,14H2,1-4H3,(H,25,26). The number of methoxy groups -OCH3 is 1. The highest BCUT2D eigenvalue weighted by Crippen LogP contribution is 2.37. The molecule has 2 aromatic carbocycles. The molecule has 2 aromatic rings. The Hall–Kier alpha value is -2.21. The molecule has 0 heterocycles. The maximum atomic E-state index is 12.0. The van der Waals surface area contributed by atoms with Crippen molar-refractivity contribution in [3.8, 4) is 11.5 Å². The van der Waals surface area contributed by atoms with Crippen LogP contribution in [0.15, 0.2) is 40.9 Å². The van der Waals surface area contributed by atoms with Crippen LogP contribution in [0.1, 0.15) is 39.2 Å². The van der Waals surface area contributed by atoms with E-state index < -0.39 is 0 Å². The molecule has 28 heavy (non-hydrogen) atoms. The van der Waals surface area contributed by atoms with E-state index in [9.17, 15) is 4.79 Å². The molecule has 2 rings (SSSR count). The Morgan fingerprint density at radius 1 is 1.18 bits per heavy atom. The first-order valence-electron chi connectivity index (χ1n) is 9.56. The van der Waals surface area contributed by atoms with Gasteiger partial charge in [-0.2, -0.15) is 0 Å². The molecule has 1 amide bonds. The molecule has 0 spiro atoms. The molecule has 2 N–H and O–H groups in total. The largest absolute Gasteiger partial charge is 0.493 e. The molecule has 0 atom stereocenters. The zero-order chi connectivity index (χ0) is 20.5. The van der Waals surface area contributed by atoms with Crippen LogP contribution < -0.4 is 20.1 Å². The van der Waals surface area contributed by atoms with Gasteiger partial charge in [-0.05, 0) is 42.7 Å². The van der Waals surface area contributed by atoms with Crippen molar-refractivity contribution in [2.45, 2.75) is 40.2 Å². The van der Waals surface area contributed by atoms with Gasteiger partial charge in [-0.15, -0.1) is 0 Å². The summed E-state index contributed by atoms with van der Waals surface area (Å²) in [7, 11) is 1.64. The summed E-state index contributed by atoms with van der Waals surface area (Å²) in [6.07, 6.45) is 1.42. The summed E-state index contributed by atoms with van der Waals surface area (Å²) in [5.41, 5.74) is 2.68. The monoisotopic (exact) mass is 448 g/mol. The van der Waals surface area contributed by atoms with E-state index in [1.54, 1.807) is 7.11 Å². The number of amides is 1. The van der Waals surface area contributed by atoms with Gasteiger partial charge in [-0.25, -0.2) is 0 Å². The van der Waals surface area contributed by atoms with E-state index in [1.165, 1.54) is 0 Å². The highest BCUT2D eigenvalue weighted by atomic mass is 79.9. The van der Waals surface area contributed by atoms with Crippen LogP contribution >= 0.6 is 15.9 Å². The molecule has 0 aliphatic carbocycles. The summed E-state index contributed by atoms with van der Waals surface area (Å²) < 4.78 is 12.4. The van der Waals surface area contributed by atoms with Crippen LogP contribution in [0.25, 0.3) is 0 Å². The maximum Gasteiger partial charge on any atom is 0.224 e. The minimum Gasteiger partial charge on any atom is -0.493 e. The first-order chi connectivity index (χ1) is 13.4. The number of carbonyl (C=O) groups is 1. The molecule has 0 radical (unpaired) electrons. The molecule has 0 bridgehead atoms. The minimum absolute atomic E-state index is 0.0259. The molecule has 0 aliphatic heterocycles. The quantitative estimate of drug-likeness (QED) is 0.478. The second-order valence-corrected chi connectivity index (χ2v) is 7.84. The second kappa shape index (κ2) is 11.0. The van der Waals surface area contributed by atoms with Crippen LogP contribution in [-0.4, -0.2) is 19.6 Å². The Kier molecular flexibility index (Phi) is 8.64. The lowest BCUT2D eigenvalue weighted by Gasteiger charge is -2.17. The number of benzene rings is 2. The number of rotatable bonds is 10. The third-order valence-corrected chi connectivity index (χ3v) is 4.79. The Labute approximate surface area is 175 Å². The van der Waals surface area contributed by atoms with E-state index in [1.807, 2.05) is 50.2 Å². The predicted molar refractivity (Wildman–Crippen MR) is 118 cm³/mol. The summed E-state index contributed by atoms with van der Waals surface area (Å²) in [5.74, 6) is 1.81. The van der Waals surface area contributed by atoms with Gasteiger partial charge < -0.3 is 20.1 Å². The van der Waals surface area contributed by atoms with E-state index in [-0.39, 0.29) is 5.91 Å². The van der Waals surface area contributed by atoms with Gasteiger partial charge in [-0.3, -0.25) is 4.79 Å². The Bertz CT molecular complexity index is 793. The van der Waals surface area contributed by atoms with Crippen molar-refractivity contribution in [3.05, 3.63) is 46.4 Å². The lowest BCUT2D eigenvalue weighted by molar-refractivity contribution is -0.116. The summed E-state index contributed by atoms with van der Waals surface area (Å²) in [4.78, 5) is 12.0. The first kappa shape index (κ1) is 22.1. The summed E-state index contributed by atoms with van der Waals surface area (Å²) in [6.45, 7) is 7.31. The van der Waals surface area contributed by atoms with Gasteiger partial charge in [0, 0.05) is 34.4 Å². The van der Waals surface area contributed by atoms with Crippen LogP contribution in [0.2, 0.25) is 0 Å². The molecule has 0 fully saturated rings. The molecule has 0 unspecified atom stereocenters. The van der Waals surface area contributed by atoms with Gasteiger partial charge in [0.05, 0.1) is 13.7 Å². The molecule has 0 saturated heterocycles. The zero-order valence-electron chi connectivity index (χ0n) is 17.0. The van der Waals surface area contributed by atoms with Crippen LogP contribution in [0, 0.1) is 5.92 Å². The molecule has 6 heteroatoms. The van der Waals surface area contributed by atoms with Crippen LogP contribution in [-0.2, 0) is 11.3 Å². The summed E-state index contributed by atoms with van der Waals surface area (Å²) in [5, 5.41) is 6.36. The summed E-state index contributed by atoms with van der Waals surface area (Å²) >= 11 is 3.61. The highest BCUT2D eigenvalue weighted by Gasteiger charge is 2.14. The average molecular weight is 449 g/mol. The van der Waals surface area contributed by atoms with Crippen LogP contribution in [0.5, 0.6) is 11.5 Å². The second-order valence-electron chi connectivity index (χ2n) is 6.99. The van der Waals surface area contributed by atoms with E-state index >= 15 is 0 Å². The Balaban J connectivity index is 2.13. The lowest BCUT2D eigenvalue weighted by Crippen LogP contribution is -2.14. The fourth-order valence-electron chi connectivity index (χ4n) is 2.75. The van der Waals surface area contributed by atoms with Crippen LogP contribution in [0.3, 0.4) is 0 Å². The van der Waals surface area contributed by atoms with Crippen molar-refractivity contribution in [1.82, 2.24) is 0 Å². The van der Waals surface area contributed by atoms with Gasteiger partial charge in [0.1, 0.15) is 0 Å². The fourth-order valence-corrected chi connectivity index (χ4v) is 3.20. The summed E-state index contributed by atoms with van der Waals surface area (Å²) in [6, 6.07) is 11.6. The van der Waals surface area contributed by atoms with Crippen molar-refractivity contribution in [2.24, 2.45) is 5.92 Å². The van der Waals surface area contributed by atoms with E-state index in [4.69, 9.17) is 9.47 Å². The van der Waals surface area contributed by atoms with Gasteiger partial charge >= 0.3 is 0 Å². The normalized spacial score (nSPS) is 10.6. The van der Waals surface area contributed by atoms with Crippen molar-refractivity contribution in [1.29, 1.82) is 0 Å². The van der Waals surface area contributed by atoms with Crippen molar-refractivity contribution in [2.75, 3.05) is 24.4 Å². The molecule has 0 aromatic heterocycles. The van der Waals surface area contributed by atoms with Gasteiger partial charge in [0.15, 0.2) is 11.5 Å². The maximum absolute atomic E-state index is 12.0. The Morgan fingerprint density at radius 2 is 1.93 bits per heavy atom. The van der Waals surface area contributed by atoms with Gasteiger partial charge in [0.2, 0.25) is 5.91 Å². The molecule has 5 nitrogen and oxygen atoms in total. The topological polar surface area (TPSA) is 59.6 Å². The number of carbonyl (C=O) groups excluding carboxylic acids is 1. The van der Waals surface area contributed by atoms with E-state index in [0.29, 0.717) is 31.2 Å². The zero-order valence-corrected chi connectivity index (χ0v) is 18.6. The highest BCUT2D eigenvalue weighted by molar-refractivity contribution is 9.10. The third kappa shape index (κ3) is 6.44. The van der Waals surface area contributed by atoms with E-state index in [0.717, 1.165) is 33.6 Å². The lowest BCUT2D eigenvalue weighted by atomic mass is 10.1. The molecular formula is C22H29BrN2O3. The van der Waals surface area contributed by atoms with Gasteiger partial charge in [0.25, 0.3) is 0 Å². The third-order valence-electron chi connectivity index (χ3n) is 4.05. The van der Waals surface area contributed by atoms with Crippen molar-refractivity contribution in [3.63, 3.8) is 0 Å². The molecule has 152 valence electrons. The SMILES string of the molecule is CCCOc1c(OC)ccc(Br)c1CNc1cccc(NC(=O)CC(C)C)c1. The number of halogens is 1. The Morgan fingerprint density at radius 3 is 2.61 bits per heavy atom. The number of hydrogen-bond acceptors (Lipinski definition) is 4. The number of ether oxygens (including phenoxy) is 2. The molecule has 0 saturated carbocycles. The smallest absolute Gasteiger partial charge is 0.224 e. The molecular weight excluding hydrogens is 420 g/mol. The van der Waals surface area contributed by atoms with E-state index in [2.05, 4.69) is 33.5 Å². The number of hydrogen-bond donors (Lipinski definition) is 2.